The second kappa shape index (κ2) is 7.74. The number of nitrogens with one attached hydrogen (secondary N) is 1. The first-order valence-electron chi connectivity index (χ1n) is 7.40. The summed E-state index contributed by atoms with van der Waals surface area (Å²) in [4.78, 5) is 29.1. The summed E-state index contributed by atoms with van der Waals surface area (Å²) in [6.45, 7) is 5.41. The van der Waals surface area contributed by atoms with E-state index in [0.29, 0.717) is 13.0 Å². The summed E-state index contributed by atoms with van der Waals surface area (Å²) in [5.74, 6) is -0.728. The molecule has 0 aromatic carbocycles. The van der Waals surface area contributed by atoms with Crippen molar-refractivity contribution in [1.29, 1.82) is 0 Å². The van der Waals surface area contributed by atoms with Crippen molar-refractivity contribution in [2.75, 3.05) is 12.9 Å². The lowest BCUT2D eigenvalue weighted by molar-refractivity contribution is -0.136. The first-order valence-corrected chi connectivity index (χ1v) is 9.30. The zero-order valence-corrected chi connectivity index (χ0v) is 14.8. The van der Waals surface area contributed by atoms with Crippen molar-refractivity contribution in [1.82, 2.24) is 10.0 Å². The molecule has 1 heterocycles. The molecule has 8 heteroatoms. The molecule has 1 amide bonds. The number of aromatic nitrogens is 1. The molecule has 1 rings (SSSR count). The number of hydrogen-bond donors (Lipinski definition) is 1. The molecule has 0 saturated carbocycles. The van der Waals surface area contributed by atoms with Crippen LogP contribution in [0.15, 0.2) is 23.1 Å². The number of hydrogen-bond acceptors (Lipinski definition) is 5. The van der Waals surface area contributed by atoms with E-state index in [4.69, 9.17) is 4.84 Å². The zero-order chi connectivity index (χ0) is 17.7. The number of rotatable bonds is 8. The Morgan fingerprint density at radius 2 is 2.09 bits per heavy atom. The van der Waals surface area contributed by atoms with E-state index in [0.717, 1.165) is 11.8 Å². The van der Waals surface area contributed by atoms with E-state index < -0.39 is 20.5 Å². The Hall–Kier alpha value is -1.67. The third kappa shape index (κ3) is 4.90. The smallest absolute Gasteiger partial charge is 0.264 e. The zero-order valence-electron chi connectivity index (χ0n) is 14.0. The van der Waals surface area contributed by atoms with Gasteiger partial charge in [-0.05, 0) is 38.3 Å². The van der Waals surface area contributed by atoms with Crippen LogP contribution in [0.3, 0.4) is 0 Å². The van der Waals surface area contributed by atoms with Crippen molar-refractivity contribution in [2.45, 2.75) is 44.9 Å². The molecule has 0 aliphatic carbocycles. The number of aryl methyl sites for hydroxylation is 2. The Balaban J connectivity index is 2.95. The Morgan fingerprint density at radius 3 is 2.61 bits per heavy atom. The van der Waals surface area contributed by atoms with Gasteiger partial charge in [0.25, 0.3) is 11.5 Å². The van der Waals surface area contributed by atoms with Crippen molar-refractivity contribution >= 4 is 15.7 Å². The fourth-order valence-electron chi connectivity index (χ4n) is 1.92. The Bertz CT molecular complexity index is 711. The van der Waals surface area contributed by atoms with E-state index in [1.54, 1.807) is 19.2 Å². The molecule has 1 aromatic heterocycles. The van der Waals surface area contributed by atoms with Gasteiger partial charge in [-0.3, -0.25) is 14.4 Å². The molecular formula is C15H24N2O5S. The summed E-state index contributed by atoms with van der Waals surface area (Å²) in [7, 11) is -3.70. The van der Waals surface area contributed by atoms with Crippen LogP contribution in [0.2, 0.25) is 0 Å². The molecule has 0 fully saturated rings. The fourth-order valence-corrected chi connectivity index (χ4v) is 2.76. The summed E-state index contributed by atoms with van der Waals surface area (Å²) in [6, 6.07) is 3.21. The fraction of sp³-hybridized carbons (Fsp3) is 0.600. The van der Waals surface area contributed by atoms with Crippen molar-refractivity contribution in [2.24, 2.45) is 0 Å². The molecule has 1 N–H and O–H groups in total. The highest BCUT2D eigenvalue weighted by Crippen LogP contribution is 2.22. The molecule has 0 saturated heterocycles. The molecule has 0 spiro atoms. The number of sulfone groups is 1. The van der Waals surface area contributed by atoms with E-state index in [2.05, 4.69) is 5.48 Å². The van der Waals surface area contributed by atoms with E-state index in [-0.39, 0.29) is 18.5 Å². The lowest BCUT2D eigenvalue weighted by Crippen LogP contribution is -2.50. The number of pyridine rings is 1. The standard InChI is InChI=1S/C15H24N2O5S/c1-5-10-22-16-14(19)15(3,23(4,20)21)7-9-17-8-6-12(2)11-13(17)18/h6,8,11H,5,7,9-10H2,1-4H3,(H,16,19). The Labute approximate surface area is 136 Å². The van der Waals surface area contributed by atoms with Gasteiger partial charge in [0.15, 0.2) is 14.6 Å². The highest BCUT2D eigenvalue weighted by molar-refractivity contribution is 7.92. The molecule has 0 aliphatic heterocycles. The van der Waals surface area contributed by atoms with Crippen LogP contribution in [-0.2, 0) is 26.0 Å². The van der Waals surface area contributed by atoms with Crippen LogP contribution in [0.25, 0.3) is 0 Å². The van der Waals surface area contributed by atoms with Gasteiger partial charge in [-0.15, -0.1) is 0 Å². The van der Waals surface area contributed by atoms with E-state index in [1.165, 1.54) is 17.6 Å². The maximum atomic E-state index is 12.2. The normalized spacial score (nSPS) is 14.3. The predicted octanol–water partition coefficient (Wildman–Crippen LogP) is 0.808. The first-order chi connectivity index (χ1) is 10.6. The molecule has 1 aromatic rings. The van der Waals surface area contributed by atoms with Crippen LogP contribution < -0.4 is 11.0 Å². The summed E-state index contributed by atoms with van der Waals surface area (Å²) in [5, 5.41) is 0. The van der Waals surface area contributed by atoms with Gasteiger partial charge in [0.05, 0.1) is 6.61 Å². The van der Waals surface area contributed by atoms with Crippen molar-refractivity contribution < 1.29 is 18.0 Å². The maximum absolute atomic E-state index is 12.2. The third-order valence-electron chi connectivity index (χ3n) is 3.75. The maximum Gasteiger partial charge on any atom is 0.264 e. The molecule has 1 unspecified atom stereocenters. The summed E-state index contributed by atoms with van der Waals surface area (Å²) in [5.41, 5.74) is 2.77. The van der Waals surface area contributed by atoms with E-state index >= 15 is 0 Å². The number of nitrogens with zero attached hydrogens (tertiary/aromatic N) is 1. The van der Waals surface area contributed by atoms with Gasteiger partial charge in [-0.2, -0.15) is 0 Å². The average Bonchev–Trinajstić information content (AvgIpc) is 2.44. The minimum absolute atomic E-state index is 0.0316. The average molecular weight is 344 g/mol. The Morgan fingerprint density at radius 1 is 1.43 bits per heavy atom. The largest absolute Gasteiger partial charge is 0.315 e. The van der Waals surface area contributed by atoms with Crippen LogP contribution in [0.5, 0.6) is 0 Å². The lowest BCUT2D eigenvalue weighted by atomic mass is 10.1. The van der Waals surface area contributed by atoms with Gasteiger partial charge in [0.1, 0.15) is 0 Å². The van der Waals surface area contributed by atoms with Gasteiger partial charge in [0.2, 0.25) is 0 Å². The molecule has 23 heavy (non-hydrogen) atoms. The number of carbonyl (C=O) groups excluding carboxylic acids is 1. The molecule has 130 valence electrons. The second-order valence-corrected chi connectivity index (χ2v) is 8.21. The molecular weight excluding hydrogens is 320 g/mol. The van der Waals surface area contributed by atoms with Crippen molar-refractivity contribution in [3.63, 3.8) is 0 Å². The summed E-state index contributed by atoms with van der Waals surface area (Å²) in [6.07, 6.45) is 3.25. The minimum Gasteiger partial charge on any atom is -0.315 e. The minimum atomic E-state index is -3.70. The van der Waals surface area contributed by atoms with E-state index in [9.17, 15) is 18.0 Å². The van der Waals surface area contributed by atoms with Crippen LogP contribution >= 0.6 is 0 Å². The van der Waals surface area contributed by atoms with Gasteiger partial charge >= 0.3 is 0 Å². The molecule has 0 aliphatic rings. The van der Waals surface area contributed by atoms with Gasteiger partial charge in [0, 0.05) is 25.1 Å². The SMILES string of the molecule is CCCONC(=O)C(C)(CCn1ccc(C)cc1=O)S(C)(=O)=O. The van der Waals surface area contributed by atoms with Crippen LogP contribution in [-0.4, -0.2) is 36.5 Å². The highest BCUT2D eigenvalue weighted by Gasteiger charge is 2.43. The Kier molecular flexibility index (Phi) is 6.52. The predicted molar refractivity (Wildman–Crippen MR) is 87.7 cm³/mol. The van der Waals surface area contributed by atoms with Crippen LogP contribution in [0, 0.1) is 6.92 Å². The first kappa shape index (κ1) is 19.4. The second-order valence-electron chi connectivity index (χ2n) is 5.77. The molecule has 1 atom stereocenters. The van der Waals surface area contributed by atoms with E-state index in [1.807, 2.05) is 6.92 Å². The quantitative estimate of drug-likeness (QED) is 0.556. The van der Waals surface area contributed by atoms with Gasteiger partial charge in [-0.25, -0.2) is 13.9 Å². The lowest BCUT2D eigenvalue weighted by Gasteiger charge is -2.26. The third-order valence-corrected chi connectivity index (χ3v) is 5.78. The van der Waals surface area contributed by atoms with Crippen molar-refractivity contribution in [3.8, 4) is 0 Å². The number of carbonyl (C=O) groups is 1. The van der Waals surface area contributed by atoms with Gasteiger partial charge < -0.3 is 4.57 Å². The topological polar surface area (TPSA) is 94.5 Å². The summed E-state index contributed by atoms with van der Waals surface area (Å²) < 4.78 is 23.9. The number of amides is 1. The summed E-state index contributed by atoms with van der Waals surface area (Å²) >= 11 is 0. The van der Waals surface area contributed by atoms with Gasteiger partial charge in [-0.1, -0.05) is 6.92 Å². The van der Waals surface area contributed by atoms with Crippen molar-refractivity contribution in [3.05, 3.63) is 34.2 Å². The molecule has 7 nitrogen and oxygen atoms in total. The molecule has 0 bridgehead atoms. The van der Waals surface area contributed by atoms with Crippen LogP contribution in [0.4, 0.5) is 0 Å². The highest BCUT2D eigenvalue weighted by atomic mass is 32.2. The number of hydroxylamine groups is 1. The molecule has 0 radical (unpaired) electrons. The van der Waals surface area contributed by atoms with Crippen LogP contribution in [0.1, 0.15) is 32.3 Å². The monoisotopic (exact) mass is 344 g/mol.